The molecule has 2 aromatic heterocycles. The van der Waals surface area contributed by atoms with Crippen molar-refractivity contribution >= 4 is 22.4 Å². The van der Waals surface area contributed by atoms with Crippen LogP contribution in [0.5, 0.6) is 5.75 Å². The number of carbonyl (C=O) groups is 1. The fourth-order valence-corrected chi connectivity index (χ4v) is 3.66. The number of amides is 1. The van der Waals surface area contributed by atoms with Crippen LogP contribution in [0.4, 0.5) is 5.13 Å². The lowest BCUT2D eigenvalue weighted by molar-refractivity contribution is -0.115. The number of anilines is 1. The number of rotatable bonds is 8. The second-order valence-corrected chi connectivity index (χ2v) is 7.62. The Kier molecular flexibility index (Phi) is 6.20. The average molecular weight is 419 g/mol. The first-order chi connectivity index (χ1) is 14.7. The number of ether oxygens (including phenoxy) is 1. The molecule has 0 fully saturated rings. The van der Waals surface area contributed by atoms with Crippen LogP contribution in [0.3, 0.4) is 0 Å². The number of hydrogen-bond donors (Lipinski definition) is 1. The Morgan fingerprint density at radius 3 is 2.70 bits per heavy atom. The molecular formula is C23H22N4O2S. The van der Waals surface area contributed by atoms with Crippen LogP contribution in [0.15, 0.2) is 72.4 Å². The number of aromatic nitrogens is 3. The summed E-state index contributed by atoms with van der Waals surface area (Å²) < 4.78 is 7.37. The first-order valence-corrected chi connectivity index (χ1v) is 10.7. The SMILES string of the molecule is CCCOc1ccc(-c2csc(NC(=O)Cc3cnn(-c4ccccc4)c3)n2)cc1. The van der Waals surface area contributed by atoms with Crippen LogP contribution < -0.4 is 10.1 Å². The van der Waals surface area contributed by atoms with Crippen LogP contribution in [0, 0.1) is 0 Å². The molecule has 0 aliphatic carbocycles. The van der Waals surface area contributed by atoms with Gasteiger partial charge in [-0.25, -0.2) is 9.67 Å². The molecule has 0 radical (unpaired) electrons. The van der Waals surface area contributed by atoms with Gasteiger partial charge in [0.2, 0.25) is 5.91 Å². The molecule has 30 heavy (non-hydrogen) atoms. The first kappa shape index (κ1) is 19.8. The maximum Gasteiger partial charge on any atom is 0.230 e. The van der Waals surface area contributed by atoms with Gasteiger partial charge in [0.05, 0.1) is 30.6 Å². The van der Waals surface area contributed by atoms with Gasteiger partial charge in [-0.05, 0) is 48.4 Å². The standard InChI is InChI=1S/C23H22N4O2S/c1-2-12-29-20-10-8-18(9-11-20)21-16-30-23(25-21)26-22(28)13-17-14-24-27(15-17)19-6-4-3-5-7-19/h3-11,14-16H,2,12-13H2,1H3,(H,25,26,28). The van der Waals surface area contributed by atoms with Gasteiger partial charge in [-0.2, -0.15) is 5.10 Å². The molecule has 1 amide bonds. The summed E-state index contributed by atoms with van der Waals surface area (Å²) in [6.07, 6.45) is 4.79. The molecule has 4 aromatic rings. The highest BCUT2D eigenvalue weighted by Gasteiger charge is 2.11. The number of carbonyl (C=O) groups excluding carboxylic acids is 1. The van der Waals surface area contributed by atoms with E-state index in [1.165, 1.54) is 11.3 Å². The van der Waals surface area contributed by atoms with E-state index in [2.05, 4.69) is 22.3 Å². The molecule has 0 aliphatic heterocycles. The quantitative estimate of drug-likeness (QED) is 0.439. The van der Waals surface area contributed by atoms with Gasteiger partial charge >= 0.3 is 0 Å². The highest BCUT2D eigenvalue weighted by molar-refractivity contribution is 7.14. The molecule has 7 heteroatoms. The molecule has 0 bridgehead atoms. The summed E-state index contributed by atoms with van der Waals surface area (Å²) in [5.41, 5.74) is 3.62. The van der Waals surface area contributed by atoms with Crippen molar-refractivity contribution in [2.75, 3.05) is 11.9 Å². The van der Waals surface area contributed by atoms with Crippen molar-refractivity contribution in [2.45, 2.75) is 19.8 Å². The highest BCUT2D eigenvalue weighted by atomic mass is 32.1. The molecule has 0 aliphatic rings. The van der Waals surface area contributed by atoms with Crippen LogP contribution in [0.25, 0.3) is 16.9 Å². The molecule has 2 aromatic carbocycles. The van der Waals surface area contributed by atoms with E-state index in [0.29, 0.717) is 11.7 Å². The second kappa shape index (κ2) is 9.37. The van der Waals surface area contributed by atoms with Gasteiger partial charge in [0.15, 0.2) is 5.13 Å². The molecule has 6 nitrogen and oxygen atoms in total. The van der Waals surface area contributed by atoms with Crippen molar-refractivity contribution in [3.8, 4) is 22.7 Å². The minimum absolute atomic E-state index is 0.119. The molecule has 0 spiro atoms. The van der Waals surface area contributed by atoms with Gasteiger partial charge in [-0.1, -0.05) is 25.1 Å². The summed E-state index contributed by atoms with van der Waals surface area (Å²) in [6.45, 7) is 2.78. The van der Waals surface area contributed by atoms with Crippen molar-refractivity contribution in [1.29, 1.82) is 0 Å². The third-order valence-corrected chi connectivity index (χ3v) is 5.15. The van der Waals surface area contributed by atoms with Gasteiger partial charge in [-0.3, -0.25) is 4.79 Å². The van der Waals surface area contributed by atoms with Crippen molar-refractivity contribution in [3.05, 3.63) is 77.9 Å². The monoisotopic (exact) mass is 418 g/mol. The maximum atomic E-state index is 12.4. The predicted octanol–water partition coefficient (Wildman–Crippen LogP) is 4.97. The van der Waals surface area contributed by atoms with Crippen molar-refractivity contribution in [2.24, 2.45) is 0 Å². The average Bonchev–Trinajstić information content (AvgIpc) is 3.43. The largest absolute Gasteiger partial charge is 0.494 e. The van der Waals surface area contributed by atoms with Crippen LogP contribution >= 0.6 is 11.3 Å². The first-order valence-electron chi connectivity index (χ1n) is 9.79. The summed E-state index contributed by atoms with van der Waals surface area (Å²) in [5.74, 6) is 0.729. The van der Waals surface area contributed by atoms with Crippen LogP contribution in [0.1, 0.15) is 18.9 Å². The van der Waals surface area contributed by atoms with Crippen LogP contribution in [-0.4, -0.2) is 27.3 Å². The van der Waals surface area contributed by atoms with E-state index in [1.54, 1.807) is 10.9 Å². The van der Waals surface area contributed by atoms with Crippen LogP contribution in [-0.2, 0) is 11.2 Å². The highest BCUT2D eigenvalue weighted by Crippen LogP contribution is 2.26. The zero-order valence-electron chi connectivity index (χ0n) is 16.6. The zero-order valence-corrected chi connectivity index (χ0v) is 17.4. The van der Waals surface area contributed by atoms with E-state index in [0.717, 1.165) is 34.7 Å². The Morgan fingerprint density at radius 1 is 1.13 bits per heavy atom. The molecular weight excluding hydrogens is 396 g/mol. The minimum Gasteiger partial charge on any atom is -0.494 e. The van der Waals surface area contributed by atoms with Crippen molar-refractivity contribution in [1.82, 2.24) is 14.8 Å². The van der Waals surface area contributed by atoms with E-state index < -0.39 is 0 Å². The fourth-order valence-electron chi connectivity index (χ4n) is 2.93. The second-order valence-electron chi connectivity index (χ2n) is 6.76. The Balaban J connectivity index is 1.36. The van der Waals surface area contributed by atoms with Gasteiger partial charge in [0, 0.05) is 17.1 Å². The van der Waals surface area contributed by atoms with E-state index in [-0.39, 0.29) is 12.3 Å². The Morgan fingerprint density at radius 2 is 1.93 bits per heavy atom. The molecule has 0 saturated carbocycles. The summed E-state index contributed by atoms with van der Waals surface area (Å²) in [4.78, 5) is 17.0. The van der Waals surface area contributed by atoms with Crippen LogP contribution in [0.2, 0.25) is 0 Å². The third kappa shape index (κ3) is 4.93. The smallest absolute Gasteiger partial charge is 0.230 e. The van der Waals surface area contributed by atoms with Gasteiger partial charge in [-0.15, -0.1) is 11.3 Å². The number of nitrogens with zero attached hydrogens (tertiary/aromatic N) is 3. The van der Waals surface area contributed by atoms with Gasteiger partial charge < -0.3 is 10.1 Å². The number of para-hydroxylation sites is 1. The molecule has 4 rings (SSSR count). The lowest BCUT2D eigenvalue weighted by atomic mass is 10.2. The van der Waals surface area contributed by atoms with E-state index in [1.807, 2.05) is 66.2 Å². The number of thiazole rings is 1. The molecule has 0 atom stereocenters. The molecule has 1 N–H and O–H groups in total. The Bertz CT molecular complexity index is 1100. The summed E-state index contributed by atoms with van der Waals surface area (Å²) in [7, 11) is 0. The Hall–Kier alpha value is -3.45. The summed E-state index contributed by atoms with van der Waals surface area (Å²) in [5, 5.41) is 9.72. The summed E-state index contributed by atoms with van der Waals surface area (Å²) in [6, 6.07) is 17.6. The zero-order chi connectivity index (χ0) is 20.8. The molecule has 2 heterocycles. The minimum atomic E-state index is -0.119. The lowest BCUT2D eigenvalue weighted by Gasteiger charge is -2.04. The maximum absolute atomic E-state index is 12.4. The number of nitrogens with one attached hydrogen (secondary N) is 1. The molecule has 0 saturated heterocycles. The predicted molar refractivity (Wildman–Crippen MR) is 119 cm³/mol. The fraction of sp³-hybridized carbons (Fsp3) is 0.174. The van der Waals surface area contributed by atoms with E-state index in [9.17, 15) is 4.79 Å². The lowest BCUT2D eigenvalue weighted by Crippen LogP contribution is -2.13. The van der Waals surface area contributed by atoms with Gasteiger partial charge in [0.1, 0.15) is 5.75 Å². The number of hydrogen-bond acceptors (Lipinski definition) is 5. The molecule has 0 unspecified atom stereocenters. The third-order valence-electron chi connectivity index (χ3n) is 4.39. The topological polar surface area (TPSA) is 69.0 Å². The Labute approximate surface area is 179 Å². The van der Waals surface area contributed by atoms with Crippen molar-refractivity contribution < 1.29 is 9.53 Å². The van der Waals surface area contributed by atoms with E-state index >= 15 is 0 Å². The van der Waals surface area contributed by atoms with Crippen molar-refractivity contribution in [3.63, 3.8) is 0 Å². The van der Waals surface area contributed by atoms with Gasteiger partial charge in [0.25, 0.3) is 0 Å². The van der Waals surface area contributed by atoms with E-state index in [4.69, 9.17) is 4.74 Å². The normalized spacial score (nSPS) is 10.7. The summed E-state index contributed by atoms with van der Waals surface area (Å²) >= 11 is 1.41. The molecule has 152 valence electrons. The number of benzene rings is 2.